The number of piperazine rings is 1. The molecule has 2 aromatic heterocycles. The third kappa shape index (κ3) is 3.75. The molecular weight excluding hydrogens is 402 g/mol. The fourth-order valence-electron chi connectivity index (χ4n) is 4.71. The van der Waals surface area contributed by atoms with Crippen LogP contribution in [-0.2, 0) is 6.42 Å². The second-order valence-electron chi connectivity index (χ2n) is 8.60. The van der Waals surface area contributed by atoms with Crippen molar-refractivity contribution >= 4 is 17.6 Å². The summed E-state index contributed by atoms with van der Waals surface area (Å²) >= 11 is 0. The van der Waals surface area contributed by atoms with Gasteiger partial charge in [-0.05, 0) is 38.4 Å². The fourth-order valence-corrected chi connectivity index (χ4v) is 4.71. The summed E-state index contributed by atoms with van der Waals surface area (Å²) in [5.74, 6) is 1.30. The molecule has 0 radical (unpaired) electrons. The van der Waals surface area contributed by atoms with Crippen LogP contribution >= 0.6 is 0 Å². The predicted octanol–water partition coefficient (Wildman–Crippen LogP) is 2.76. The molecule has 0 bridgehead atoms. The van der Waals surface area contributed by atoms with E-state index in [4.69, 9.17) is 9.97 Å². The Hall–Kier alpha value is -3.26. The minimum Gasteiger partial charge on any atom is -0.338 e. The van der Waals surface area contributed by atoms with Crippen LogP contribution in [0.3, 0.4) is 0 Å². The number of nitrogens with one attached hydrogen (secondary N) is 1. The van der Waals surface area contributed by atoms with E-state index in [9.17, 15) is 4.79 Å². The molecule has 8 nitrogen and oxygen atoms in total. The molecule has 1 aromatic carbocycles. The molecule has 0 amide bonds. The summed E-state index contributed by atoms with van der Waals surface area (Å²) in [6, 6.07) is 10.0. The van der Waals surface area contributed by atoms with E-state index in [2.05, 4.69) is 50.6 Å². The van der Waals surface area contributed by atoms with Crippen LogP contribution in [0.4, 0.5) is 17.6 Å². The van der Waals surface area contributed by atoms with Gasteiger partial charge in [-0.2, -0.15) is 0 Å². The first-order valence-electron chi connectivity index (χ1n) is 11.3. The predicted molar refractivity (Wildman–Crippen MR) is 127 cm³/mol. The molecule has 1 saturated heterocycles. The van der Waals surface area contributed by atoms with Crippen LogP contribution in [0.15, 0.2) is 41.3 Å². The Morgan fingerprint density at radius 1 is 1.12 bits per heavy atom. The lowest BCUT2D eigenvalue weighted by molar-refractivity contribution is 0.270. The van der Waals surface area contributed by atoms with Crippen molar-refractivity contribution in [1.29, 1.82) is 0 Å². The summed E-state index contributed by atoms with van der Waals surface area (Å²) in [4.78, 5) is 36.5. The van der Waals surface area contributed by atoms with Gasteiger partial charge in [0, 0.05) is 55.7 Å². The number of benzene rings is 1. The summed E-state index contributed by atoms with van der Waals surface area (Å²) in [5.41, 5.74) is 4.39. The first kappa shape index (κ1) is 20.6. The molecule has 0 aliphatic carbocycles. The van der Waals surface area contributed by atoms with Crippen molar-refractivity contribution < 1.29 is 0 Å². The molecule has 1 fully saturated rings. The first-order chi connectivity index (χ1) is 15.5. The van der Waals surface area contributed by atoms with Gasteiger partial charge in [-0.15, -0.1) is 0 Å². The number of aromatic nitrogens is 4. The Kier molecular flexibility index (Phi) is 5.38. The highest BCUT2D eigenvalue weighted by molar-refractivity contribution is 5.69. The van der Waals surface area contributed by atoms with Crippen molar-refractivity contribution in [3.05, 3.63) is 58.1 Å². The van der Waals surface area contributed by atoms with Crippen LogP contribution in [0.2, 0.25) is 0 Å². The van der Waals surface area contributed by atoms with Gasteiger partial charge in [-0.25, -0.2) is 15.0 Å². The smallest absolute Gasteiger partial charge is 0.252 e. The second-order valence-corrected chi connectivity index (χ2v) is 8.60. The average molecular weight is 432 g/mol. The van der Waals surface area contributed by atoms with Crippen molar-refractivity contribution in [1.82, 2.24) is 24.8 Å². The summed E-state index contributed by atoms with van der Waals surface area (Å²) in [5, 5.41) is 0. The molecule has 166 valence electrons. The number of nitrogens with zero attached hydrogens (tertiary/aromatic N) is 6. The van der Waals surface area contributed by atoms with Crippen molar-refractivity contribution in [2.75, 3.05) is 42.5 Å². The lowest BCUT2D eigenvalue weighted by atomic mass is 10.1. The van der Waals surface area contributed by atoms with E-state index in [0.29, 0.717) is 11.6 Å². The summed E-state index contributed by atoms with van der Waals surface area (Å²) < 4.78 is 0. The molecule has 0 saturated carbocycles. The van der Waals surface area contributed by atoms with Gasteiger partial charge in [-0.1, -0.05) is 25.1 Å². The van der Waals surface area contributed by atoms with Crippen molar-refractivity contribution in [3.8, 4) is 11.3 Å². The van der Waals surface area contributed by atoms with Crippen LogP contribution < -0.4 is 15.4 Å². The standard InChI is InChI=1S/C24H29N7O/c1-4-29-9-11-30(12-10-29)23-25-15-19(17(3)26-23)20-14-22(32)28-24(27-20)31-16(2)13-18-7-5-6-8-21(18)31/h5-8,14-16H,4,9-13H2,1-3H3,(H,27,28,32)/t16-/m1/s1. The molecule has 5 rings (SSSR count). The van der Waals surface area contributed by atoms with Gasteiger partial charge in [0.15, 0.2) is 0 Å². The Labute approximate surface area is 188 Å². The zero-order valence-corrected chi connectivity index (χ0v) is 18.9. The number of likely N-dealkylation sites (N-methyl/N-ethyl adjacent to an activating group) is 1. The number of anilines is 3. The number of hydrogen-bond acceptors (Lipinski definition) is 7. The molecule has 1 N–H and O–H groups in total. The molecule has 2 aliphatic heterocycles. The van der Waals surface area contributed by atoms with Gasteiger partial charge in [0.1, 0.15) is 0 Å². The highest BCUT2D eigenvalue weighted by Crippen LogP contribution is 2.36. The van der Waals surface area contributed by atoms with Crippen LogP contribution in [0.25, 0.3) is 11.3 Å². The minimum atomic E-state index is -0.180. The average Bonchev–Trinajstić information content (AvgIpc) is 3.14. The Bertz CT molecular complexity index is 1180. The largest absolute Gasteiger partial charge is 0.338 e. The third-order valence-electron chi connectivity index (χ3n) is 6.51. The van der Waals surface area contributed by atoms with Crippen molar-refractivity contribution in [3.63, 3.8) is 0 Å². The van der Waals surface area contributed by atoms with Gasteiger partial charge in [0.2, 0.25) is 11.9 Å². The highest BCUT2D eigenvalue weighted by Gasteiger charge is 2.29. The number of para-hydroxylation sites is 1. The maximum absolute atomic E-state index is 12.6. The molecule has 0 unspecified atom stereocenters. The molecule has 1 atom stereocenters. The fraction of sp³-hybridized carbons (Fsp3) is 0.417. The van der Waals surface area contributed by atoms with Crippen LogP contribution in [-0.4, -0.2) is 63.6 Å². The van der Waals surface area contributed by atoms with E-state index in [1.807, 2.05) is 19.1 Å². The van der Waals surface area contributed by atoms with Gasteiger partial charge in [-0.3, -0.25) is 9.78 Å². The lowest BCUT2D eigenvalue weighted by Crippen LogP contribution is -2.46. The number of aromatic amines is 1. The highest BCUT2D eigenvalue weighted by atomic mass is 16.1. The van der Waals surface area contributed by atoms with E-state index < -0.39 is 0 Å². The van der Waals surface area contributed by atoms with Gasteiger partial charge < -0.3 is 14.7 Å². The van der Waals surface area contributed by atoms with Crippen molar-refractivity contribution in [2.45, 2.75) is 33.2 Å². The first-order valence-corrected chi connectivity index (χ1v) is 11.3. The minimum absolute atomic E-state index is 0.180. The SMILES string of the molecule is CCN1CCN(c2ncc(-c3cc(=O)[nH]c(N4c5ccccc5C[C@H]4C)n3)c(C)n2)CC1. The molecule has 2 aliphatic rings. The van der Waals surface area contributed by atoms with Gasteiger partial charge in [0.05, 0.1) is 11.4 Å². The lowest BCUT2D eigenvalue weighted by Gasteiger charge is -2.34. The zero-order valence-electron chi connectivity index (χ0n) is 18.9. The number of H-pyrrole nitrogens is 1. The Morgan fingerprint density at radius 2 is 1.91 bits per heavy atom. The van der Waals surface area contributed by atoms with E-state index in [0.717, 1.165) is 62.0 Å². The summed E-state index contributed by atoms with van der Waals surface area (Å²) in [6.07, 6.45) is 2.73. The normalized spacial score (nSPS) is 18.8. The molecule has 3 aromatic rings. The maximum Gasteiger partial charge on any atom is 0.252 e. The van der Waals surface area contributed by atoms with Gasteiger partial charge >= 0.3 is 0 Å². The summed E-state index contributed by atoms with van der Waals surface area (Å²) in [7, 11) is 0. The number of rotatable bonds is 4. The van der Waals surface area contributed by atoms with E-state index in [1.54, 1.807) is 6.20 Å². The molecular formula is C24H29N7O. The third-order valence-corrected chi connectivity index (χ3v) is 6.51. The van der Waals surface area contributed by atoms with Crippen LogP contribution in [0, 0.1) is 6.92 Å². The molecule has 8 heteroatoms. The van der Waals surface area contributed by atoms with E-state index in [-0.39, 0.29) is 11.6 Å². The number of fused-ring (bicyclic) bond motifs is 1. The Morgan fingerprint density at radius 3 is 2.66 bits per heavy atom. The van der Waals surface area contributed by atoms with Gasteiger partial charge in [0.25, 0.3) is 5.56 Å². The van der Waals surface area contributed by atoms with Crippen LogP contribution in [0.1, 0.15) is 25.1 Å². The molecule has 4 heterocycles. The zero-order chi connectivity index (χ0) is 22.2. The summed E-state index contributed by atoms with van der Waals surface area (Å²) in [6.45, 7) is 11.3. The number of aryl methyl sites for hydroxylation is 1. The number of hydrogen-bond donors (Lipinski definition) is 1. The van der Waals surface area contributed by atoms with E-state index in [1.165, 1.54) is 11.6 Å². The van der Waals surface area contributed by atoms with Crippen LogP contribution in [0.5, 0.6) is 0 Å². The molecule has 32 heavy (non-hydrogen) atoms. The molecule has 0 spiro atoms. The quantitative estimate of drug-likeness (QED) is 0.680. The van der Waals surface area contributed by atoms with Crippen molar-refractivity contribution in [2.24, 2.45) is 0 Å². The van der Waals surface area contributed by atoms with E-state index >= 15 is 0 Å². The topological polar surface area (TPSA) is 81.2 Å². The second kappa shape index (κ2) is 8.35. The monoisotopic (exact) mass is 431 g/mol. The maximum atomic E-state index is 12.6. The Balaban J connectivity index is 1.46.